The first-order valence-electron chi connectivity index (χ1n) is 4.06. The summed E-state index contributed by atoms with van der Waals surface area (Å²) in [6.07, 6.45) is 0. The van der Waals surface area contributed by atoms with E-state index < -0.39 is 5.60 Å². The van der Waals surface area contributed by atoms with Crippen molar-refractivity contribution in [3.8, 4) is 0 Å². The molecule has 0 unspecified atom stereocenters. The van der Waals surface area contributed by atoms with Gasteiger partial charge in [0.2, 0.25) is 0 Å². The number of nitrogens with two attached hydrogens (primary N) is 1. The Morgan fingerprint density at radius 1 is 1.33 bits per heavy atom. The molecule has 1 aromatic carbocycles. The van der Waals surface area contributed by atoms with E-state index in [1.54, 1.807) is 6.92 Å². The number of aryl methyl sites for hydroxylation is 1. The summed E-state index contributed by atoms with van der Waals surface area (Å²) < 4.78 is 0. The average Bonchev–Trinajstić information content (AvgIpc) is 2.05. The lowest BCUT2D eigenvalue weighted by atomic mass is 9.96. The summed E-state index contributed by atoms with van der Waals surface area (Å²) in [6.45, 7) is 3.98. The van der Waals surface area contributed by atoms with Gasteiger partial charge in [-0.3, -0.25) is 0 Å². The number of hydrogen-bond donors (Lipinski definition) is 2. The Balaban J connectivity index is 2.96. The maximum atomic E-state index is 9.76. The fraction of sp³-hybridized carbons (Fsp3) is 0.400. The molecule has 0 spiro atoms. The van der Waals surface area contributed by atoms with Crippen LogP contribution in [0.4, 0.5) is 0 Å². The van der Waals surface area contributed by atoms with Crippen molar-refractivity contribution in [3.05, 3.63) is 35.4 Å². The third-order valence-corrected chi connectivity index (χ3v) is 2.07. The monoisotopic (exact) mass is 165 g/mol. The van der Waals surface area contributed by atoms with Crippen LogP contribution in [0.15, 0.2) is 24.3 Å². The molecule has 2 heteroatoms. The highest BCUT2D eigenvalue weighted by Crippen LogP contribution is 2.18. The zero-order chi connectivity index (χ0) is 9.19. The van der Waals surface area contributed by atoms with Gasteiger partial charge in [-0.05, 0) is 19.4 Å². The Bertz CT molecular complexity index is 251. The van der Waals surface area contributed by atoms with Crippen LogP contribution in [0.25, 0.3) is 0 Å². The molecule has 0 saturated carbocycles. The van der Waals surface area contributed by atoms with Gasteiger partial charge in [-0.25, -0.2) is 0 Å². The summed E-state index contributed by atoms with van der Waals surface area (Å²) in [7, 11) is 0. The molecule has 0 radical (unpaired) electrons. The number of hydrogen-bond acceptors (Lipinski definition) is 2. The largest absolute Gasteiger partial charge is 0.384 e. The van der Waals surface area contributed by atoms with Crippen LogP contribution in [0.1, 0.15) is 18.1 Å². The zero-order valence-corrected chi connectivity index (χ0v) is 7.54. The third-order valence-electron chi connectivity index (χ3n) is 2.07. The molecule has 0 aliphatic carbocycles. The molecule has 66 valence electrons. The predicted octanol–water partition coefficient (Wildman–Crippen LogP) is 1.16. The predicted molar refractivity (Wildman–Crippen MR) is 49.8 cm³/mol. The SMILES string of the molecule is Cc1ccc([C@](C)(O)CN)cc1. The second kappa shape index (κ2) is 3.25. The van der Waals surface area contributed by atoms with Crippen LogP contribution in [-0.2, 0) is 5.60 Å². The van der Waals surface area contributed by atoms with Crippen molar-refractivity contribution >= 4 is 0 Å². The second-order valence-electron chi connectivity index (χ2n) is 3.34. The van der Waals surface area contributed by atoms with Crippen molar-refractivity contribution in [3.63, 3.8) is 0 Å². The van der Waals surface area contributed by atoms with Crippen LogP contribution in [0.5, 0.6) is 0 Å². The molecule has 0 aliphatic heterocycles. The summed E-state index contributed by atoms with van der Waals surface area (Å²) in [5.74, 6) is 0. The van der Waals surface area contributed by atoms with Crippen molar-refractivity contribution in [2.24, 2.45) is 5.73 Å². The van der Waals surface area contributed by atoms with Crippen molar-refractivity contribution in [2.45, 2.75) is 19.4 Å². The summed E-state index contributed by atoms with van der Waals surface area (Å²) in [5, 5.41) is 9.76. The zero-order valence-electron chi connectivity index (χ0n) is 7.54. The van der Waals surface area contributed by atoms with Gasteiger partial charge >= 0.3 is 0 Å². The Morgan fingerprint density at radius 2 is 1.83 bits per heavy atom. The quantitative estimate of drug-likeness (QED) is 0.690. The molecule has 12 heavy (non-hydrogen) atoms. The Morgan fingerprint density at radius 3 is 2.25 bits per heavy atom. The van der Waals surface area contributed by atoms with Crippen LogP contribution < -0.4 is 5.73 Å². The van der Waals surface area contributed by atoms with Gasteiger partial charge in [-0.15, -0.1) is 0 Å². The van der Waals surface area contributed by atoms with Gasteiger partial charge in [-0.1, -0.05) is 29.8 Å². The molecule has 0 heterocycles. The minimum atomic E-state index is -0.895. The third kappa shape index (κ3) is 1.84. The van der Waals surface area contributed by atoms with E-state index in [2.05, 4.69) is 0 Å². The van der Waals surface area contributed by atoms with Crippen molar-refractivity contribution in [2.75, 3.05) is 6.54 Å². The van der Waals surface area contributed by atoms with E-state index in [-0.39, 0.29) is 6.54 Å². The molecule has 1 atom stereocenters. The minimum absolute atomic E-state index is 0.246. The van der Waals surface area contributed by atoms with E-state index in [9.17, 15) is 5.11 Å². The molecule has 0 aliphatic rings. The Hall–Kier alpha value is -0.860. The van der Waals surface area contributed by atoms with E-state index in [1.807, 2.05) is 31.2 Å². The Kier molecular flexibility index (Phi) is 2.50. The summed E-state index contributed by atoms with van der Waals surface area (Å²) in [5.41, 5.74) is 6.59. The molecule has 0 aromatic heterocycles. The van der Waals surface area contributed by atoms with Gasteiger partial charge < -0.3 is 10.8 Å². The van der Waals surface area contributed by atoms with Crippen LogP contribution in [0, 0.1) is 6.92 Å². The molecule has 0 bridgehead atoms. The van der Waals surface area contributed by atoms with Gasteiger partial charge in [0.05, 0.1) is 5.60 Å². The van der Waals surface area contributed by atoms with E-state index in [4.69, 9.17) is 5.73 Å². The lowest BCUT2D eigenvalue weighted by Gasteiger charge is -2.21. The van der Waals surface area contributed by atoms with Crippen LogP contribution in [0.3, 0.4) is 0 Å². The van der Waals surface area contributed by atoms with E-state index in [0.29, 0.717) is 0 Å². The molecule has 3 N–H and O–H groups in total. The van der Waals surface area contributed by atoms with Crippen molar-refractivity contribution in [1.29, 1.82) is 0 Å². The molecular formula is C10H15NO. The van der Waals surface area contributed by atoms with Gasteiger partial charge in [-0.2, -0.15) is 0 Å². The fourth-order valence-electron chi connectivity index (χ4n) is 1.03. The molecule has 0 saturated heterocycles. The fourth-order valence-corrected chi connectivity index (χ4v) is 1.03. The molecule has 1 rings (SSSR count). The number of benzene rings is 1. The maximum absolute atomic E-state index is 9.76. The first-order valence-corrected chi connectivity index (χ1v) is 4.06. The first-order chi connectivity index (χ1) is 5.56. The topological polar surface area (TPSA) is 46.2 Å². The summed E-state index contributed by atoms with van der Waals surface area (Å²) in [6, 6.07) is 7.75. The van der Waals surface area contributed by atoms with E-state index in [0.717, 1.165) is 5.56 Å². The lowest BCUT2D eigenvalue weighted by molar-refractivity contribution is 0.0668. The molecule has 0 amide bonds. The highest BCUT2D eigenvalue weighted by molar-refractivity contribution is 5.26. The van der Waals surface area contributed by atoms with Gasteiger partial charge in [0.1, 0.15) is 0 Å². The highest BCUT2D eigenvalue weighted by atomic mass is 16.3. The molecule has 0 fully saturated rings. The van der Waals surface area contributed by atoms with Crippen LogP contribution >= 0.6 is 0 Å². The minimum Gasteiger partial charge on any atom is -0.384 e. The summed E-state index contributed by atoms with van der Waals surface area (Å²) in [4.78, 5) is 0. The van der Waals surface area contributed by atoms with Gasteiger partial charge in [0.15, 0.2) is 0 Å². The maximum Gasteiger partial charge on any atom is 0.0990 e. The van der Waals surface area contributed by atoms with E-state index >= 15 is 0 Å². The van der Waals surface area contributed by atoms with Crippen LogP contribution in [0.2, 0.25) is 0 Å². The molecule has 1 aromatic rings. The smallest absolute Gasteiger partial charge is 0.0990 e. The van der Waals surface area contributed by atoms with Gasteiger partial charge in [0.25, 0.3) is 0 Å². The number of aliphatic hydroxyl groups is 1. The highest BCUT2D eigenvalue weighted by Gasteiger charge is 2.19. The average molecular weight is 165 g/mol. The molecular weight excluding hydrogens is 150 g/mol. The second-order valence-corrected chi connectivity index (χ2v) is 3.34. The summed E-state index contributed by atoms with van der Waals surface area (Å²) >= 11 is 0. The lowest BCUT2D eigenvalue weighted by Crippen LogP contribution is -2.31. The Labute approximate surface area is 73.0 Å². The van der Waals surface area contributed by atoms with E-state index in [1.165, 1.54) is 5.56 Å². The number of rotatable bonds is 2. The normalized spacial score (nSPS) is 15.7. The van der Waals surface area contributed by atoms with Gasteiger partial charge in [0, 0.05) is 6.54 Å². The van der Waals surface area contributed by atoms with Crippen molar-refractivity contribution in [1.82, 2.24) is 0 Å². The van der Waals surface area contributed by atoms with Crippen molar-refractivity contribution < 1.29 is 5.11 Å². The first kappa shape index (κ1) is 9.23. The van der Waals surface area contributed by atoms with Crippen LogP contribution in [-0.4, -0.2) is 11.7 Å². The standard InChI is InChI=1S/C10H15NO/c1-8-3-5-9(6-4-8)10(2,12)7-11/h3-6,12H,7,11H2,1-2H3/t10-/m1/s1. The molecule has 2 nitrogen and oxygen atoms in total.